The highest BCUT2D eigenvalue weighted by molar-refractivity contribution is 5.99. The molecule has 1 unspecified atom stereocenters. The second-order valence-corrected chi connectivity index (χ2v) is 2.77. The van der Waals surface area contributed by atoms with Gasteiger partial charge in [-0.2, -0.15) is 0 Å². The minimum absolute atomic E-state index is 0.142. The zero-order valence-corrected chi connectivity index (χ0v) is 8.10. The Labute approximate surface area is 80.7 Å². The third-order valence-corrected chi connectivity index (χ3v) is 2.10. The summed E-state index contributed by atoms with van der Waals surface area (Å²) >= 11 is 0. The van der Waals surface area contributed by atoms with E-state index in [-0.39, 0.29) is 5.76 Å². The number of aliphatic hydroxyl groups is 1. The van der Waals surface area contributed by atoms with Crippen molar-refractivity contribution >= 4 is 11.9 Å². The highest BCUT2D eigenvalue weighted by Crippen LogP contribution is 2.28. The summed E-state index contributed by atoms with van der Waals surface area (Å²) in [6.45, 7) is 0. The number of hydrogen-bond donors (Lipinski definition) is 1. The zero-order chi connectivity index (χ0) is 10.9. The first-order chi connectivity index (χ1) is 6.48. The summed E-state index contributed by atoms with van der Waals surface area (Å²) in [6, 6.07) is 0. The number of nitrogens with zero attached hydrogens (tertiary/aromatic N) is 1. The van der Waals surface area contributed by atoms with Crippen LogP contribution in [-0.2, 0) is 19.1 Å². The van der Waals surface area contributed by atoms with Crippen molar-refractivity contribution in [2.45, 2.75) is 5.72 Å². The van der Waals surface area contributed by atoms with E-state index in [1.807, 2.05) is 0 Å². The molecule has 0 saturated carbocycles. The Hall–Kier alpha value is -1.56. The van der Waals surface area contributed by atoms with E-state index < -0.39 is 17.6 Å². The molecule has 6 nitrogen and oxygen atoms in total. The Kier molecular flexibility index (Phi) is 2.48. The maximum Gasteiger partial charge on any atom is 0.368 e. The molecule has 14 heavy (non-hydrogen) atoms. The summed E-state index contributed by atoms with van der Waals surface area (Å²) in [5.74, 6) is -1.62. The third kappa shape index (κ3) is 1.15. The Morgan fingerprint density at radius 2 is 2.14 bits per heavy atom. The van der Waals surface area contributed by atoms with E-state index in [0.717, 1.165) is 18.1 Å². The standard InChI is InChI=1S/C8H11NO5/c1-9-6(10)4-5(13-2)8(9,12)7(11)14-3/h4,12H,1-3H3. The fourth-order valence-corrected chi connectivity index (χ4v) is 1.22. The van der Waals surface area contributed by atoms with Crippen LogP contribution in [0.25, 0.3) is 0 Å². The van der Waals surface area contributed by atoms with Crippen molar-refractivity contribution in [3.8, 4) is 0 Å². The molecule has 6 heteroatoms. The van der Waals surface area contributed by atoms with Crippen molar-refractivity contribution in [3.63, 3.8) is 0 Å². The van der Waals surface area contributed by atoms with E-state index in [0.29, 0.717) is 0 Å². The number of carbonyl (C=O) groups is 2. The molecule has 1 heterocycles. The van der Waals surface area contributed by atoms with Gasteiger partial charge in [0.1, 0.15) is 0 Å². The normalized spacial score (nSPS) is 26.1. The molecule has 1 amide bonds. The average Bonchev–Trinajstić information content (AvgIpc) is 2.42. The van der Waals surface area contributed by atoms with Crippen molar-refractivity contribution in [1.82, 2.24) is 4.90 Å². The summed E-state index contributed by atoms with van der Waals surface area (Å²) in [6.07, 6.45) is 1.04. The molecule has 1 rings (SSSR count). The Bertz CT molecular complexity index is 311. The smallest absolute Gasteiger partial charge is 0.368 e. The van der Waals surface area contributed by atoms with Gasteiger partial charge in [-0.1, -0.05) is 0 Å². The van der Waals surface area contributed by atoms with Gasteiger partial charge in [-0.15, -0.1) is 0 Å². The Balaban J connectivity index is 3.13. The molecule has 1 aliphatic rings. The van der Waals surface area contributed by atoms with Crippen LogP contribution in [0.5, 0.6) is 0 Å². The molecular formula is C8H11NO5. The minimum Gasteiger partial charge on any atom is -0.495 e. The van der Waals surface area contributed by atoms with E-state index in [2.05, 4.69) is 4.74 Å². The van der Waals surface area contributed by atoms with Gasteiger partial charge in [0.15, 0.2) is 5.76 Å². The SMILES string of the molecule is COC(=O)C1(O)C(OC)=CC(=O)N1C. The fourth-order valence-electron chi connectivity index (χ4n) is 1.22. The lowest BCUT2D eigenvalue weighted by molar-refractivity contribution is -0.181. The molecule has 0 aromatic carbocycles. The van der Waals surface area contributed by atoms with Crippen molar-refractivity contribution in [1.29, 1.82) is 0 Å². The number of ether oxygens (including phenoxy) is 2. The van der Waals surface area contributed by atoms with Crippen LogP contribution in [0.2, 0.25) is 0 Å². The Morgan fingerprint density at radius 3 is 2.57 bits per heavy atom. The summed E-state index contributed by atoms with van der Waals surface area (Å²) in [7, 11) is 3.65. The average molecular weight is 201 g/mol. The molecule has 1 aliphatic heterocycles. The van der Waals surface area contributed by atoms with Crippen LogP contribution < -0.4 is 0 Å². The van der Waals surface area contributed by atoms with E-state index >= 15 is 0 Å². The molecule has 1 atom stereocenters. The monoisotopic (exact) mass is 201 g/mol. The second-order valence-electron chi connectivity index (χ2n) is 2.77. The predicted molar refractivity (Wildman–Crippen MR) is 44.8 cm³/mol. The topological polar surface area (TPSA) is 76.1 Å². The fraction of sp³-hybridized carbons (Fsp3) is 0.500. The van der Waals surface area contributed by atoms with Gasteiger partial charge in [-0.05, 0) is 0 Å². The van der Waals surface area contributed by atoms with Gasteiger partial charge >= 0.3 is 5.97 Å². The van der Waals surface area contributed by atoms with Crippen LogP contribution in [0.3, 0.4) is 0 Å². The third-order valence-electron chi connectivity index (χ3n) is 2.10. The van der Waals surface area contributed by atoms with Crippen molar-refractivity contribution < 1.29 is 24.2 Å². The molecule has 0 radical (unpaired) electrons. The number of carbonyl (C=O) groups excluding carboxylic acids is 2. The van der Waals surface area contributed by atoms with Gasteiger partial charge < -0.3 is 14.6 Å². The summed E-state index contributed by atoms with van der Waals surface area (Å²) in [4.78, 5) is 23.3. The summed E-state index contributed by atoms with van der Waals surface area (Å²) in [5.41, 5.74) is -2.14. The van der Waals surface area contributed by atoms with Crippen LogP contribution in [0.1, 0.15) is 0 Å². The van der Waals surface area contributed by atoms with E-state index in [4.69, 9.17) is 4.74 Å². The maximum absolute atomic E-state index is 11.3. The molecule has 0 bridgehead atoms. The molecule has 0 aromatic heterocycles. The molecule has 0 fully saturated rings. The van der Waals surface area contributed by atoms with Crippen LogP contribution in [-0.4, -0.2) is 48.9 Å². The van der Waals surface area contributed by atoms with Gasteiger partial charge in [-0.25, -0.2) is 4.79 Å². The highest BCUT2D eigenvalue weighted by atomic mass is 16.6. The summed E-state index contributed by atoms with van der Waals surface area (Å²) in [5, 5.41) is 9.90. The number of hydrogen-bond acceptors (Lipinski definition) is 5. The lowest BCUT2D eigenvalue weighted by Crippen LogP contribution is -2.53. The van der Waals surface area contributed by atoms with Crippen LogP contribution in [0.4, 0.5) is 0 Å². The number of rotatable bonds is 2. The number of methoxy groups -OCH3 is 2. The van der Waals surface area contributed by atoms with Crippen molar-refractivity contribution in [2.24, 2.45) is 0 Å². The van der Waals surface area contributed by atoms with Crippen molar-refractivity contribution in [3.05, 3.63) is 11.8 Å². The van der Waals surface area contributed by atoms with Crippen LogP contribution >= 0.6 is 0 Å². The van der Waals surface area contributed by atoms with E-state index in [1.54, 1.807) is 0 Å². The number of likely N-dealkylation sites (N-methyl/N-ethyl adjacent to an activating group) is 1. The van der Waals surface area contributed by atoms with Crippen LogP contribution in [0, 0.1) is 0 Å². The maximum atomic E-state index is 11.3. The molecule has 0 saturated heterocycles. The molecular weight excluding hydrogens is 190 g/mol. The first kappa shape index (κ1) is 10.5. The van der Waals surface area contributed by atoms with Crippen molar-refractivity contribution in [2.75, 3.05) is 21.3 Å². The molecule has 0 aliphatic carbocycles. The zero-order valence-electron chi connectivity index (χ0n) is 8.10. The highest BCUT2D eigenvalue weighted by Gasteiger charge is 2.53. The Morgan fingerprint density at radius 1 is 1.57 bits per heavy atom. The van der Waals surface area contributed by atoms with Gasteiger partial charge in [0, 0.05) is 13.1 Å². The summed E-state index contributed by atoms with van der Waals surface area (Å²) < 4.78 is 9.12. The van der Waals surface area contributed by atoms with E-state index in [1.165, 1.54) is 14.2 Å². The minimum atomic E-state index is -2.14. The van der Waals surface area contributed by atoms with Gasteiger partial charge in [0.05, 0.1) is 14.2 Å². The largest absolute Gasteiger partial charge is 0.495 e. The molecule has 0 spiro atoms. The first-order valence-corrected chi connectivity index (χ1v) is 3.83. The lowest BCUT2D eigenvalue weighted by atomic mass is 10.2. The quantitative estimate of drug-likeness (QED) is 0.571. The molecule has 1 N–H and O–H groups in total. The van der Waals surface area contributed by atoms with Gasteiger partial charge in [-0.3, -0.25) is 9.69 Å². The number of amides is 1. The van der Waals surface area contributed by atoms with E-state index in [9.17, 15) is 14.7 Å². The van der Waals surface area contributed by atoms with Crippen LogP contribution in [0.15, 0.2) is 11.8 Å². The predicted octanol–water partition coefficient (Wildman–Crippen LogP) is -1.15. The van der Waals surface area contributed by atoms with Gasteiger partial charge in [0.2, 0.25) is 0 Å². The lowest BCUT2D eigenvalue weighted by Gasteiger charge is -2.28. The molecule has 0 aromatic rings. The molecule has 78 valence electrons. The first-order valence-electron chi connectivity index (χ1n) is 3.83. The van der Waals surface area contributed by atoms with Gasteiger partial charge in [0.25, 0.3) is 11.6 Å². The number of esters is 1. The second kappa shape index (κ2) is 3.30.